The van der Waals surface area contributed by atoms with Gasteiger partial charge in [-0.05, 0) is 30.2 Å². The van der Waals surface area contributed by atoms with E-state index in [1.54, 1.807) is 18.2 Å². The first kappa shape index (κ1) is 25.4. The van der Waals surface area contributed by atoms with Crippen molar-refractivity contribution < 1.29 is 9.13 Å². The third-order valence-electron chi connectivity index (χ3n) is 4.64. The van der Waals surface area contributed by atoms with E-state index in [9.17, 15) is 9.18 Å². The van der Waals surface area contributed by atoms with Gasteiger partial charge in [-0.3, -0.25) is 9.69 Å². The molecule has 1 saturated heterocycles. The summed E-state index contributed by atoms with van der Waals surface area (Å²) < 4.78 is 20.7. The van der Waals surface area contributed by atoms with Crippen LogP contribution in [0.2, 0.25) is 0 Å². The lowest BCUT2D eigenvalue weighted by atomic mass is 10.1. The molecule has 2 aromatic rings. The van der Waals surface area contributed by atoms with Crippen molar-refractivity contribution in [2.24, 2.45) is 5.92 Å². The highest BCUT2D eigenvalue weighted by molar-refractivity contribution is 5.85. The van der Waals surface area contributed by atoms with Crippen molar-refractivity contribution in [1.82, 2.24) is 20.0 Å². The minimum absolute atomic E-state index is 0. The molecule has 29 heavy (non-hydrogen) atoms. The number of methoxy groups -OCH3 is 1. The number of benzene rings is 1. The summed E-state index contributed by atoms with van der Waals surface area (Å²) in [4.78, 5) is 15.1. The summed E-state index contributed by atoms with van der Waals surface area (Å²) in [5, 5.41) is 7.81. The number of nitrogens with one attached hydrogen (secondary N) is 1. The van der Waals surface area contributed by atoms with Crippen LogP contribution >= 0.6 is 24.8 Å². The van der Waals surface area contributed by atoms with Gasteiger partial charge in [-0.2, -0.15) is 5.10 Å². The predicted molar refractivity (Wildman–Crippen MR) is 118 cm³/mol. The van der Waals surface area contributed by atoms with E-state index in [1.165, 1.54) is 17.9 Å². The number of hydrogen-bond acceptors (Lipinski definition) is 5. The van der Waals surface area contributed by atoms with E-state index in [2.05, 4.69) is 15.3 Å². The summed E-state index contributed by atoms with van der Waals surface area (Å²) in [7, 11) is 1.44. The van der Waals surface area contributed by atoms with Gasteiger partial charge in [0.15, 0.2) is 11.6 Å². The van der Waals surface area contributed by atoms with Gasteiger partial charge in [-0.25, -0.2) is 9.07 Å². The summed E-state index contributed by atoms with van der Waals surface area (Å²) in [6.45, 7) is 8.83. The summed E-state index contributed by atoms with van der Waals surface area (Å²) in [6, 6.07) is 6.55. The Morgan fingerprint density at radius 3 is 2.48 bits per heavy atom. The number of halogens is 3. The van der Waals surface area contributed by atoms with Crippen molar-refractivity contribution >= 4 is 24.8 Å². The predicted octanol–water partition coefficient (Wildman–Crippen LogP) is 2.96. The van der Waals surface area contributed by atoms with E-state index >= 15 is 0 Å². The van der Waals surface area contributed by atoms with Crippen LogP contribution in [0.3, 0.4) is 0 Å². The first-order valence-corrected chi connectivity index (χ1v) is 9.36. The Hall–Kier alpha value is -1.67. The molecule has 1 aliphatic rings. The van der Waals surface area contributed by atoms with Crippen LogP contribution in [-0.4, -0.2) is 48.0 Å². The molecular weight excluding hydrogens is 418 g/mol. The van der Waals surface area contributed by atoms with E-state index in [0.717, 1.165) is 26.2 Å². The van der Waals surface area contributed by atoms with E-state index in [-0.39, 0.29) is 42.0 Å². The van der Waals surface area contributed by atoms with Crippen molar-refractivity contribution in [3.8, 4) is 17.0 Å². The average molecular weight is 447 g/mol. The fourth-order valence-corrected chi connectivity index (χ4v) is 3.26. The van der Waals surface area contributed by atoms with Crippen LogP contribution in [0.15, 0.2) is 29.1 Å². The molecule has 6 nitrogen and oxygen atoms in total. The molecule has 0 amide bonds. The molecule has 2 heterocycles. The molecule has 0 unspecified atom stereocenters. The molecule has 1 aromatic carbocycles. The summed E-state index contributed by atoms with van der Waals surface area (Å²) in [5.41, 5.74) is 1.85. The molecule has 0 aliphatic carbocycles. The third kappa shape index (κ3) is 6.40. The number of ether oxygens (including phenoxy) is 1. The quantitative estimate of drug-likeness (QED) is 0.738. The minimum atomic E-state index is -0.443. The topological polar surface area (TPSA) is 59.4 Å². The van der Waals surface area contributed by atoms with Crippen molar-refractivity contribution in [3.05, 3.63) is 46.0 Å². The fourth-order valence-electron chi connectivity index (χ4n) is 3.26. The van der Waals surface area contributed by atoms with Crippen molar-refractivity contribution in [1.29, 1.82) is 0 Å². The Morgan fingerprint density at radius 2 is 1.90 bits per heavy atom. The maximum absolute atomic E-state index is 14.2. The van der Waals surface area contributed by atoms with E-state index in [1.807, 2.05) is 13.8 Å². The molecule has 1 fully saturated rings. The van der Waals surface area contributed by atoms with Crippen molar-refractivity contribution in [2.45, 2.75) is 26.9 Å². The molecule has 0 saturated carbocycles. The van der Waals surface area contributed by atoms with E-state index in [4.69, 9.17) is 4.74 Å². The van der Waals surface area contributed by atoms with Crippen LogP contribution in [0.4, 0.5) is 4.39 Å². The summed E-state index contributed by atoms with van der Waals surface area (Å²) in [5.74, 6) is 0.0300. The van der Waals surface area contributed by atoms with Crippen LogP contribution in [0.25, 0.3) is 11.3 Å². The fraction of sp³-hybridized carbons (Fsp3) is 0.500. The van der Waals surface area contributed by atoms with Gasteiger partial charge in [-0.15, -0.1) is 24.8 Å². The lowest BCUT2D eigenvalue weighted by Crippen LogP contribution is -2.44. The second kappa shape index (κ2) is 11.5. The van der Waals surface area contributed by atoms with Crippen LogP contribution < -0.4 is 15.6 Å². The monoisotopic (exact) mass is 446 g/mol. The van der Waals surface area contributed by atoms with Crippen LogP contribution in [0, 0.1) is 11.7 Å². The van der Waals surface area contributed by atoms with Crippen molar-refractivity contribution in [2.75, 3.05) is 33.3 Å². The number of rotatable bonds is 6. The lowest BCUT2D eigenvalue weighted by molar-refractivity contribution is 0.231. The maximum atomic E-state index is 14.2. The van der Waals surface area contributed by atoms with Gasteiger partial charge in [0.2, 0.25) is 0 Å². The molecule has 0 bridgehead atoms. The Morgan fingerprint density at radius 1 is 1.21 bits per heavy atom. The van der Waals surface area contributed by atoms with E-state index in [0.29, 0.717) is 29.9 Å². The van der Waals surface area contributed by atoms with Gasteiger partial charge in [-0.1, -0.05) is 13.8 Å². The standard InChI is InChI=1S/C20H27FN4O2.2ClH/c1-14(2)12-25-20(26)16(13-24-8-6-22-7-9-24)11-18(23-25)15-4-5-19(27-3)17(21)10-15;;/h4-5,10-11,14,22H,6-9,12-13H2,1-3H3;2*1H. The molecule has 0 spiro atoms. The smallest absolute Gasteiger partial charge is 0.271 e. The summed E-state index contributed by atoms with van der Waals surface area (Å²) >= 11 is 0. The molecule has 9 heteroatoms. The Balaban J connectivity index is 0.00000210. The largest absolute Gasteiger partial charge is 0.494 e. The molecule has 3 rings (SSSR count). The van der Waals surface area contributed by atoms with Crippen molar-refractivity contribution in [3.63, 3.8) is 0 Å². The molecule has 1 aromatic heterocycles. The molecule has 0 radical (unpaired) electrons. The molecule has 0 atom stereocenters. The normalized spacial score (nSPS) is 14.2. The molecule has 162 valence electrons. The van der Waals surface area contributed by atoms with Gasteiger partial charge in [0, 0.05) is 50.4 Å². The summed E-state index contributed by atoms with van der Waals surface area (Å²) in [6.07, 6.45) is 0. The lowest BCUT2D eigenvalue weighted by Gasteiger charge is -2.27. The molecule has 1 aliphatic heterocycles. The molecule has 1 N–H and O–H groups in total. The van der Waals surface area contributed by atoms with E-state index < -0.39 is 5.82 Å². The second-order valence-electron chi connectivity index (χ2n) is 7.31. The zero-order valence-corrected chi connectivity index (χ0v) is 18.6. The van der Waals surface area contributed by atoms with Gasteiger partial charge in [0.05, 0.1) is 12.8 Å². The average Bonchev–Trinajstić information content (AvgIpc) is 2.65. The highest BCUT2D eigenvalue weighted by Crippen LogP contribution is 2.24. The number of hydrogen-bond donors (Lipinski definition) is 1. The Bertz CT molecular complexity index is 855. The van der Waals surface area contributed by atoms with Gasteiger partial charge >= 0.3 is 0 Å². The van der Waals surface area contributed by atoms with Gasteiger partial charge in [0.25, 0.3) is 5.56 Å². The highest BCUT2D eigenvalue weighted by Gasteiger charge is 2.17. The minimum Gasteiger partial charge on any atom is -0.494 e. The zero-order chi connectivity index (χ0) is 19.4. The number of aromatic nitrogens is 2. The Kier molecular flexibility index (Phi) is 10.1. The Labute approximate surface area is 183 Å². The highest BCUT2D eigenvalue weighted by atomic mass is 35.5. The van der Waals surface area contributed by atoms with Gasteiger partial charge < -0.3 is 10.1 Å². The van der Waals surface area contributed by atoms with Crippen LogP contribution in [0.1, 0.15) is 19.4 Å². The van der Waals surface area contributed by atoms with Crippen LogP contribution in [-0.2, 0) is 13.1 Å². The first-order valence-electron chi connectivity index (χ1n) is 9.36. The zero-order valence-electron chi connectivity index (χ0n) is 17.0. The van der Waals surface area contributed by atoms with Crippen LogP contribution in [0.5, 0.6) is 5.75 Å². The molecular formula is C20H29Cl2FN4O2. The SMILES string of the molecule is COc1ccc(-c2cc(CN3CCNCC3)c(=O)n(CC(C)C)n2)cc1F.Cl.Cl. The second-order valence-corrected chi connectivity index (χ2v) is 7.31. The number of piperazine rings is 1. The third-order valence-corrected chi connectivity index (χ3v) is 4.64. The first-order chi connectivity index (χ1) is 13.0. The maximum Gasteiger partial charge on any atom is 0.271 e. The number of nitrogens with zero attached hydrogens (tertiary/aromatic N) is 3. The van der Waals surface area contributed by atoms with Gasteiger partial charge in [0.1, 0.15) is 0 Å².